The molecule has 0 saturated heterocycles. The minimum atomic E-state index is 0.303. The summed E-state index contributed by atoms with van der Waals surface area (Å²) in [6.07, 6.45) is 7.08. The van der Waals surface area contributed by atoms with Crippen molar-refractivity contribution in [2.45, 2.75) is 53.9 Å². The first-order valence-corrected chi connectivity index (χ1v) is 5.27. The average molecular weight is 184 g/mol. The summed E-state index contributed by atoms with van der Waals surface area (Å²) in [5, 5.41) is 0. The molecule has 0 aromatic rings. The van der Waals surface area contributed by atoms with Crippen LogP contribution in [0.25, 0.3) is 0 Å². The summed E-state index contributed by atoms with van der Waals surface area (Å²) < 4.78 is 0. The van der Waals surface area contributed by atoms with Crippen molar-refractivity contribution >= 4 is 5.78 Å². The molecule has 0 aliphatic rings. The first-order valence-electron chi connectivity index (χ1n) is 5.27. The fourth-order valence-corrected chi connectivity index (χ4v) is 0.936. The smallest absolute Gasteiger partial charge is 0.129 e. The van der Waals surface area contributed by atoms with Gasteiger partial charge in [0.1, 0.15) is 5.78 Å². The van der Waals surface area contributed by atoms with Gasteiger partial charge in [-0.25, -0.2) is 0 Å². The molecule has 0 radical (unpaired) electrons. The maximum Gasteiger partial charge on any atom is 0.129 e. The Hall–Kier alpha value is -0.590. The average Bonchev–Trinajstić information content (AvgIpc) is 2.14. The predicted molar refractivity (Wildman–Crippen MR) is 59.9 cm³/mol. The highest BCUT2D eigenvalue weighted by molar-refractivity contribution is 5.75. The van der Waals surface area contributed by atoms with Crippen LogP contribution in [0.2, 0.25) is 0 Å². The molecular formula is C12H24O. The molecule has 1 atom stereocenters. The number of carbonyl (C=O) groups excluding carboxylic acids is 1. The van der Waals surface area contributed by atoms with E-state index in [4.69, 9.17) is 0 Å². The molecule has 0 aromatic heterocycles. The molecule has 0 bridgehead atoms. The fourth-order valence-electron chi connectivity index (χ4n) is 0.936. The number of ketones is 1. The van der Waals surface area contributed by atoms with Gasteiger partial charge in [-0.2, -0.15) is 0 Å². The van der Waals surface area contributed by atoms with Crippen LogP contribution in [0, 0.1) is 5.92 Å². The first-order chi connectivity index (χ1) is 6.16. The van der Waals surface area contributed by atoms with Gasteiger partial charge < -0.3 is 4.79 Å². The molecule has 1 heteroatoms. The Balaban J connectivity index is 0. The molecule has 0 aliphatic heterocycles. The number of hydrogen-bond donors (Lipinski definition) is 0. The second-order valence-electron chi connectivity index (χ2n) is 3.15. The minimum Gasteiger partial charge on any atom is -0.300 e. The third-order valence-corrected chi connectivity index (χ3v) is 1.76. The van der Waals surface area contributed by atoms with Gasteiger partial charge in [-0.05, 0) is 32.6 Å². The Morgan fingerprint density at radius 3 is 2.31 bits per heavy atom. The monoisotopic (exact) mass is 184 g/mol. The van der Waals surface area contributed by atoms with Gasteiger partial charge >= 0.3 is 0 Å². The van der Waals surface area contributed by atoms with Gasteiger partial charge in [-0.3, -0.25) is 0 Å². The molecule has 0 spiro atoms. The Bertz CT molecular complexity index is 136. The van der Waals surface area contributed by atoms with Gasteiger partial charge in [-0.1, -0.05) is 32.9 Å². The number of Topliss-reactive ketones (excluding diaryl/α,β-unsaturated/α-hetero) is 1. The number of rotatable bonds is 5. The quantitative estimate of drug-likeness (QED) is 0.590. The van der Waals surface area contributed by atoms with Crippen molar-refractivity contribution < 1.29 is 4.79 Å². The van der Waals surface area contributed by atoms with E-state index >= 15 is 0 Å². The zero-order chi connectivity index (χ0) is 10.7. The fraction of sp³-hybridized carbons (Fsp3) is 0.750. The molecule has 0 aliphatic carbocycles. The van der Waals surface area contributed by atoms with E-state index in [-0.39, 0.29) is 0 Å². The standard InChI is InChI=1S/C10H18O.C2H6/c1-4-5-6-9(2)7-8-10(3)11;1-2/h4-5,9H,6-8H2,1-3H3;1-2H3/b5-4+;. The number of carbonyl (C=O) groups is 1. The lowest BCUT2D eigenvalue weighted by molar-refractivity contribution is -0.117. The topological polar surface area (TPSA) is 17.1 Å². The summed E-state index contributed by atoms with van der Waals surface area (Å²) in [7, 11) is 0. The molecule has 0 saturated carbocycles. The summed E-state index contributed by atoms with van der Waals surface area (Å²) >= 11 is 0. The van der Waals surface area contributed by atoms with E-state index in [0.29, 0.717) is 11.7 Å². The molecule has 13 heavy (non-hydrogen) atoms. The van der Waals surface area contributed by atoms with Gasteiger partial charge in [0.2, 0.25) is 0 Å². The van der Waals surface area contributed by atoms with Crippen molar-refractivity contribution in [3.63, 3.8) is 0 Å². The van der Waals surface area contributed by atoms with Crippen LogP contribution in [-0.4, -0.2) is 5.78 Å². The normalized spacial score (nSPS) is 12.1. The largest absolute Gasteiger partial charge is 0.300 e. The Morgan fingerprint density at radius 2 is 1.92 bits per heavy atom. The highest BCUT2D eigenvalue weighted by Gasteiger charge is 2.00. The summed E-state index contributed by atoms with van der Waals surface area (Å²) in [6, 6.07) is 0. The van der Waals surface area contributed by atoms with Crippen LogP contribution < -0.4 is 0 Å². The van der Waals surface area contributed by atoms with Gasteiger partial charge in [0.15, 0.2) is 0 Å². The van der Waals surface area contributed by atoms with Crippen molar-refractivity contribution in [3.8, 4) is 0 Å². The van der Waals surface area contributed by atoms with E-state index in [2.05, 4.69) is 19.1 Å². The number of hydrogen-bond acceptors (Lipinski definition) is 1. The van der Waals surface area contributed by atoms with Gasteiger partial charge in [0.05, 0.1) is 0 Å². The van der Waals surface area contributed by atoms with E-state index < -0.39 is 0 Å². The van der Waals surface area contributed by atoms with E-state index in [1.165, 1.54) is 0 Å². The second-order valence-corrected chi connectivity index (χ2v) is 3.15. The van der Waals surface area contributed by atoms with Crippen molar-refractivity contribution in [2.75, 3.05) is 0 Å². The summed E-state index contributed by atoms with van der Waals surface area (Å²) in [4.78, 5) is 10.6. The van der Waals surface area contributed by atoms with Gasteiger partial charge in [0.25, 0.3) is 0 Å². The van der Waals surface area contributed by atoms with Crippen molar-refractivity contribution in [2.24, 2.45) is 5.92 Å². The summed E-state index contributed by atoms with van der Waals surface area (Å²) in [5.41, 5.74) is 0. The second kappa shape index (κ2) is 11.4. The Kier molecular flexibility index (Phi) is 13.1. The van der Waals surface area contributed by atoms with Crippen LogP contribution in [0.3, 0.4) is 0 Å². The summed E-state index contributed by atoms with van der Waals surface area (Å²) in [6.45, 7) is 9.86. The van der Waals surface area contributed by atoms with Crippen molar-refractivity contribution in [1.82, 2.24) is 0 Å². The Morgan fingerprint density at radius 1 is 1.38 bits per heavy atom. The van der Waals surface area contributed by atoms with Crippen LogP contribution in [0.5, 0.6) is 0 Å². The van der Waals surface area contributed by atoms with Gasteiger partial charge in [0, 0.05) is 6.42 Å². The van der Waals surface area contributed by atoms with Crippen LogP contribution in [0.4, 0.5) is 0 Å². The lowest BCUT2D eigenvalue weighted by Crippen LogP contribution is -1.97. The van der Waals surface area contributed by atoms with E-state index in [1.807, 2.05) is 20.8 Å². The molecule has 1 nitrogen and oxygen atoms in total. The Labute approximate surface area is 83.2 Å². The molecule has 0 amide bonds. The maximum atomic E-state index is 10.6. The van der Waals surface area contributed by atoms with Crippen LogP contribution in [0.1, 0.15) is 53.9 Å². The highest BCUT2D eigenvalue weighted by Crippen LogP contribution is 2.10. The molecule has 0 aromatic carbocycles. The van der Waals surface area contributed by atoms with Crippen molar-refractivity contribution in [3.05, 3.63) is 12.2 Å². The predicted octanol–water partition coefficient (Wildman–Crippen LogP) is 3.98. The molecule has 0 heterocycles. The summed E-state index contributed by atoms with van der Waals surface area (Å²) in [5.74, 6) is 0.951. The maximum absolute atomic E-state index is 10.6. The zero-order valence-corrected chi connectivity index (χ0v) is 9.76. The van der Waals surface area contributed by atoms with Gasteiger partial charge in [-0.15, -0.1) is 0 Å². The third-order valence-electron chi connectivity index (χ3n) is 1.76. The van der Waals surface area contributed by atoms with Crippen LogP contribution >= 0.6 is 0 Å². The molecule has 0 N–H and O–H groups in total. The van der Waals surface area contributed by atoms with E-state index in [9.17, 15) is 4.79 Å². The zero-order valence-electron chi connectivity index (χ0n) is 9.76. The SMILES string of the molecule is C/C=C/CC(C)CCC(C)=O.CC. The van der Waals surface area contributed by atoms with Crippen LogP contribution in [0.15, 0.2) is 12.2 Å². The van der Waals surface area contributed by atoms with E-state index in [0.717, 1.165) is 19.3 Å². The van der Waals surface area contributed by atoms with E-state index in [1.54, 1.807) is 6.92 Å². The van der Waals surface area contributed by atoms with Crippen LogP contribution in [-0.2, 0) is 4.79 Å². The molecule has 0 rings (SSSR count). The molecule has 0 fully saturated rings. The highest BCUT2D eigenvalue weighted by atomic mass is 16.1. The first kappa shape index (κ1) is 14.9. The third kappa shape index (κ3) is 14.3. The molecule has 1 unspecified atom stereocenters. The minimum absolute atomic E-state index is 0.303. The van der Waals surface area contributed by atoms with Crippen molar-refractivity contribution in [1.29, 1.82) is 0 Å². The molecular weight excluding hydrogens is 160 g/mol. The molecule has 78 valence electrons. The lowest BCUT2D eigenvalue weighted by Gasteiger charge is -2.05. The lowest BCUT2D eigenvalue weighted by atomic mass is 10.0. The number of allylic oxidation sites excluding steroid dienone is 2.